The lowest BCUT2D eigenvalue weighted by molar-refractivity contribution is 0.248. The zero-order valence-corrected chi connectivity index (χ0v) is 10.4. The lowest BCUT2D eigenvalue weighted by Crippen LogP contribution is -2.37. The Morgan fingerprint density at radius 2 is 1.88 bits per heavy atom. The van der Waals surface area contributed by atoms with Crippen LogP contribution in [0.3, 0.4) is 0 Å². The molecule has 0 aliphatic rings. The van der Waals surface area contributed by atoms with E-state index in [0.29, 0.717) is 11.5 Å². The van der Waals surface area contributed by atoms with Crippen LogP contribution in [0, 0.1) is 6.92 Å². The molecule has 1 aromatic rings. The van der Waals surface area contributed by atoms with Gasteiger partial charge in [0, 0.05) is 17.7 Å². The zero-order chi connectivity index (χ0) is 13.0. The summed E-state index contributed by atoms with van der Waals surface area (Å²) in [5.74, 6) is 1.33. The first-order valence-electron chi connectivity index (χ1n) is 5.39. The second-order valence-electron chi connectivity index (χ2n) is 3.93. The molecule has 0 saturated heterocycles. The van der Waals surface area contributed by atoms with Gasteiger partial charge in [-0.15, -0.1) is 0 Å². The maximum atomic E-state index is 9.05. The van der Waals surface area contributed by atoms with E-state index in [1.165, 1.54) is 0 Å². The Morgan fingerprint density at radius 3 is 2.35 bits per heavy atom. The van der Waals surface area contributed by atoms with Crippen molar-refractivity contribution >= 4 is 0 Å². The van der Waals surface area contributed by atoms with Crippen LogP contribution >= 0.6 is 0 Å². The standard InChI is InChI=1S/C12H20N2O3/c1-7-4-8(16-2)5-10(17-3)11(7)12(14)9(13)6-15/h4-5,9,12,15H,6,13-14H2,1-3H3. The Bertz CT molecular complexity index is 382. The first kappa shape index (κ1) is 13.8. The highest BCUT2D eigenvalue weighted by atomic mass is 16.5. The molecule has 0 aliphatic heterocycles. The summed E-state index contributed by atoms with van der Waals surface area (Å²) in [7, 11) is 3.15. The number of hydrogen-bond acceptors (Lipinski definition) is 5. The van der Waals surface area contributed by atoms with E-state index in [9.17, 15) is 0 Å². The zero-order valence-electron chi connectivity index (χ0n) is 10.4. The lowest BCUT2D eigenvalue weighted by atomic mass is 9.95. The van der Waals surface area contributed by atoms with Crippen molar-refractivity contribution in [1.82, 2.24) is 0 Å². The summed E-state index contributed by atoms with van der Waals surface area (Å²) in [5.41, 5.74) is 13.5. The largest absolute Gasteiger partial charge is 0.497 e. The second kappa shape index (κ2) is 5.86. The summed E-state index contributed by atoms with van der Waals surface area (Å²) in [6.07, 6.45) is 0. The van der Waals surface area contributed by atoms with E-state index in [2.05, 4.69) is 0 Å². The molecule has 17 heavy (non-hydrogen) atoms. The van der Waals surface area contributed by atoms with Crippen molar-refractivity contribution in [3.05, 3.63) is 23.3 Å². The highest BCUT2D eigenvalue weighted by Crippen LogP contribution is 2.32. The topological polar surface area (TPSA) is 90.7 Å². The summed E-state index contributed by atoms with van der Waals surface area (Å²) < 4.78 is 10.4. The highest BCUT2D eigenvalue weighted by Gasteiger charge is 2.21. The van der Waals surface area contributed by atoms with Gasteiger partial charge >= 0.3 is 0 Å². The monoisotopic (exact) mass is 240 g/mol. The van der Waals surface area contributed by atoms with Gasteiger partial charge in [-0.2, -0.15) is 0 Å². The minimum atomic E-state index is -0.518. The summed E-state index contributed by atoms with van der Waals surface area (Å²) in [6, 6.07) is 2.63. The fraction of sp³-hybridized carbons (Fsp3) is 0.500. The van der Waals surface area contributed by atoms with E-state index in [1.807, 2.05) is 13.0 Å². The van der Waals surface area contributed by atoms with Crippen LogP contribution in [0.1, 0.15) is 17.2 Å². The van der Waals surface area contributed by atoms with Crippen LogP contribution in [0.25, 0.3) is 0 Å². The number of aliphatic hydroxyl groups excluding tert-OH is 1. The van der Waals surface area contributed by atoms with E-state index in [-0.39, 0.29) is 6.61 Å². The third kappa shape index (κ3) is 2.88. The third-order valence-electron chi connectivity index (χ3n) is 2.78. The van der Waals surface area contributed by atoms with E-state index < -0.39 is 12.1 Å². The molecular formula is C12H20N2O3. The molecule has 96 valence electrons. The van der Waals surface area contributed by atoms with Crippen LogP contribution in [0.5, 0.6) is 11.5 Å². The average Bonchev–Trinajstić information content (AvgIpc) is 2.35. The molecule has 2 atom stereocenters. The van der Waals surface area contributed by atoms with Crippen molar-refractivity contribution in [3.63, 3.8) is 0 Å². The Balaban J connectivity index is 3.22. The molecule has 5 heteroatoms. The van der Waals surface area contributed by atoms with Gasteiger partial charge in [-0.05, 0) is 18.6 Å². The van der Waals surface area contributed by atoms with Crippen molar-refractivity contribution in [3.8, 4) is 11.5 Å². The molecule has 5 nitrogen and oxygen atoms in total. The number of benzene rings is 1. The SMILES string of the molecule is COc1cc(C)c(C(N)C(N)CO)c(OC)c1. The van der Waals surface area contributed by atoms with Crippen LogP contribution in [0.15, 0.2) is 12.1 Å². The molecule has 1 rings (SSSR count). The molecule has 0 bridgehead atoms. The molecule has 2 unspecified atom stereocenters. The number of rotatable bonds is 5. The second-order valence-corrected chi connectivity index (χ2v) is 3.93. The minimum absolute atomic E-state index is 0.171. The summed E-state index contributed by atoms with van der Waals surface area (Å²) in [4.78, 5) is 0. The lowest BCUT2D eigenvalue weighted by Gasteiger charge is -2.23. The first-order chi connectivity index (χ1) is 8.04. The molecular weight excluding hydrogens is 220 g/mol. The van der Waals surface area contributed by atoms with Gasteiger partial charge in [0.15, 0.2) is 0 Å². The van der Waals surface area contributed by atoms with Crippen LogP contribution < -0.4 is 20.9 Å². The van der Waals surface area contributed by atoms with E-state index in [4.69, 9.17) is 26.0 Å². The van der Waals surface area contributed by atoms with Gasteiger partial charge in [0.1, 0.15) is 11.5 Å². The highest BCUT2D eigenvalue weighted by molar-refractivity contribution is 5.48. The quantitative estimate of drug-likeness (QED) is 0.690. The van der Waals surface area contributed by atoms with Crippen LogP contribution in [-0.2, 0) is 0 Å². The number of nitrogens with two attached hydrogens (primary N) is 2. The molecule has 0 aromatic heterocycles. The van der Waals surface area contributed by atoms with Crippen LogP contribution in [0.2, 0.25) is 0 Å². The number of hydrogen-bond donors (Lipinski definition) is 3. The van der Waals surface area contributed by atoms with Crippen molar-refractivity contribution in [2.45, 2.75) is 19.0 Å². The van der Waals surface area contributed by atoms with Gasteiger partial charge in [-0.3, -0.25) is 0 Å². The molecule has 0 spiro atoms. The van der Waals surface area contributed by atoms with Crippen LogP contribution in [0.4, 0.5) is 0 Å². The molecule has 1 aromatic carbocycles. The number of ether oxygens (including phenoxy) is 2. The number of aryl methyl sites for hydroxylation is 1. The molecule has 5 N–H and O–H groups in total. The van der Waals surface area contributed by atoms with Gasteiger partial charge in [-0.25, -0.2) is 0 Å². The van der Waals surface area contributed by atoms with Gasteiger partial charge in [0.05, 0.1) is 26.9 Å². The van der Waals surface area contributed by atoms with E-state index in [1.54, 1.807) is 20.3 Å². The summed E-state index contributed by atoms with van der Waals surface area (Å²) in [5, 5.41) is 9.05. The van der Waals surface area contributed by atoms with Crippen molar-refractivity contribution in [2.24, 2.45) is 11.5 Å². The Morgan fingerprint density at radius 1 is 1.24 bits per heavy atom. The van der Waals surface area contributed by atoms with Gasteiger partial charge in [-0.1, -0.05) is 0 Å². The Kier molecular flexibility index (Phi) is 4.74. The Hall–Kier alpha value is -1.30. The maximum absolute atomic E-state index is 9.05. The molecule has 0 fully saturated rings. The van der Waals surface area contributed by atoms with E-state index >= 15 is 0 Å². The van der Waals surface area contributed by atoms with Gasteiger partial charge in [0.25, 0.3) is 0 Å². The normalized spacial score (nSPS) is 14.2. The third-order valence-corrected chi connectivity index (χ3v) is 2.78. The summed E-state index contributed by atoms with van der Waals surface area (Å²) in [6.45, 7) is 1.74. The van der Waals surface area contributed by atoms with Crippen LogP contribution in [-0.4, -0.2) is 32.0 Å². The molecule has 0 aliphatic carbocycles. The smallest absolute Gasteiger partial charge is 0.127 e. The summed E-state index contributed by atoms with van der Waals surface area (Å²) >= 11 is 0. The van der Waals surface area contributed by atoms with Crippen molar-refractivity contribution < 1.29 is 14.6 Å². The average molecular weight is 240 g/mol. The van der Waals surface area contributed by atoms with Gasteiger partial charge < -0.3 is 26.0 Å². The number of methoxy groups -OCH3 is 2. The molecule has 0 saturated carbocycles. The molecule has 0 heterocycles. The Labute approximate surface area is 101 Å². The molecule has 0 radical (unpaired) electrons. The van der Waals surface area contributed by atoms with E-state index in [0.717, 1.165) is 11.1 Å². The minimum Gasteiger partial charge on any atom is -0.497 e. The van der Waals surface area contributed by atoms with Crippen molar-refractivity contribution in [2.75, 3.05) is 20.8 Å². The number of aliphatic hydroxyl groups is 1. The molecule has 0 amide bonds. The van der Waals surface area contributed by atoms with Gasteiger partial charge in [0.2, 0.25) is 0 Å². The van der Waals surface area contributed by atoms with Crippen molar-refractivity contribution in [1.29, 1.82) is 0 Å². The fourth-order valence-electron chi connectivity index (χ4n) is 1.78. The predicted molar refractivity (Wildman–Crippen MR) is 66.3 cm³/mol. The predicted octanol–water partition coefficient (Wildman–Crippen LogP) is 0.332. The first-order valence-corrected chi connectivity index (χ1v) is 5.39. The fourth-order valence-corrected chi connectivity index (χ4v) is 1.78. The maximum Gasteiger partial charge on any atom is 0.127 e.